The summed E-state index contributed by atoms with van der Waals surface area (Å²) in [4.78, 5) is 9.67. The van der Waals surface area contributed by atoms with Gasteiger partial charge in [-0.1, -0.05) is 0 Å². The molecule has 0 bridgehead atoms. The standard InChI is InChI=1S/C7H6NO2.C5H5.2CO.Fe/c1-6-2-4-7(5-3-6)8(9)10;1-2-4-5-3-1;2*1-2;/h2-5H,1H2;1-5H;;;/q2*-1;;;. The summed E-state index contributed by atoms with van der Waals surface area (Å²) in [5, 5.41) is 10.1. The average Bonchev–Trinajstić information content (AvgIpc) is 3.03. The Hall–Kier alpha value is -2.16. The van der Waals surface area contributed by atoms with Gasteiger partial charge in [-0.3, -0.25) is 10.1 Å². The van der Waals surface area contributed by atoms with Crippen LogP contribution in [-0.4, -0.2) is 4.92 Å². The quantitative estimate of drug-likeness (QED) is 0.266. The van der Waals surface area contributed by atoms with E-state index >= 15 is 0 Å². The monoisotopic (exact) mass is 313 g/mol. The fraction of sp³-hybridized carbons (Fsp3) is 0. The van der Waals surface area contributed by atoms with E-state index in [4.69, 9.17) is 9.30 Å². The van der Waals surface area contributed by atoms with Crippen LogP contribution in [-0.2, 0) is 26.4 Å². The van der Waals surface area contributed by atoms with Crippen molar-refractivity contribution in [3.05, 3.63) is 90.5 Å². The molecule has 0 radical (unpaired) electrons. The van der Waals surface area contributed by atoms with Gasteiger partial charge in [0.2, 0.25) is 5.69 Å². The molecule has 0 aliphatic heterocycles. The number of nitro benzene ring substituents is 1. The predicted octanol–water partition coefficient (Wildman–Crippen LogP) is 3.10. The zero-order chi connectivity index (χ0) is 15.1. The van der Waals surface area contributed by atoms with E-state index in [1.54, 1.807) is 12.1 Å². The number of nitrogens with zero attached hydrogens (tertiary/aromatic N) is 1. The van der Waals surface area contributed by atoms with E-state index in [0.29, 0.717) is 0 Å². The summed E-state index contributed by atoms with van der Waals surface area (Å²) in [6.45, 7) is 12.6. The molecule has 0 aromatic heterocycles. The van der Waals surface area contributed by atoms with E-state index in [0.717, 1.165) is 5.56 Å². The minimum atomic E-state index is -0.431. The smallest absolute Gasteiger partial charge is 0.245 e. The molecule has 0 atom stereocenters. The van der Waals surface area contributed by atoms with Gasteiger partial charge in [0.05, 0.1) is 4.92 Å². The molecule has 0 spiro atoms. The number of non-ortho nitro benzene ring substituents is 1. The molecule has 0 N–H and O–H groups in total. The molecule has 106 valence electrons. The predicted molar refractivity (Wildman–Crippen MR) is 67.4 cm³/mol. The summed E-state index contributed by atoms with van der Waals surface area (Å²) in [6, 6.07) is 16.1. The number of hydrogen-bond donors (Lipinski definition) is 0. The normalized spacial score (nSPS) is 6.80. The first-order chi connectivity index (χ1) is 9.20. The summed E-state index contributed by atoms with van der Waals surface area (Å²) in [5.41, 5.74) is 0.887. The number of benzene rings is 1. The van der Waals surface area contributed by atoms with Crippen molar-refractivity contribution < 1.29 is 31.3 Å². The fourth-order valence-corrected chi connectivity index (χ4v) is 0.938. The summed E-state index contributed by atoms with van der Waals surface area (Å²) in [7, 11) is 0. The van der Waals surface area contributed by atoms with Crippen LogP contribution in [0.5, 0.6) is 0 Å². The fourth-order valence-electron chi connectivity index (χ4n) is 0.938. The van der Waals surface area contributed by atoms with Crippen molar-refractivity contribution in [3.8, 4) is 0 Å². The zero-order valence-electron chi connectivity index (χ0n) is 10.3. The van der Waals surface area contributed by atoms with Gasteiger partial charge in [-0.05, 0) is 12.1 Å². The largest absolute Gasteiger partial charge is 0.258 e. The van der Waals surface area contributed by atoms with Gasteiger partial charge in [0.15, 0.2) is 0 Å². The van der Waals surface area contributed by atoms with Crippen LogP contribution in [0.15, 0.2) is 54.6 Å². The maximum absolute atomic E-state index is 10.1. The Morgan fingerprint density at radius 3 is 1.70 bits per heavy atom. The molecule has 2 rings (SSSR count). The Bertz CT molecular complexity index is 452. The summed E-state index contributed by atoms with van der Waals surface area (Å²) in [6.07, 6.45) is 0. The van der Waals surface area contributed by atoms with Crippen LogP contribution in [0.4, 0.5) is 5.69 Å². The second-order valence-corrected chi connectivity index (χ2v) is 2.89. The minimum absolute atomic E-state index is 0. The van der Waals surface area contributed by atoms with Gasteiger partial charge < -0.3 is 0 Å². The Balaban J connectivity index is -0.000000246. The number of hydrogen-bond acceptors (Lipinski definition) is 2. The molecule has 2 aromatic carbocycles. The molecule has 0 heterocycles. The van der Waals surface area contributed by atoms with E-state index in [1.165, 1.54) is 12.1 Å². The number of nitro groups is 1. The van der Waals surface area contributed by atoms with Crippen LogP contribution >= 0.6 is 0 Å². The SMILES string of the molecule is [C-]#[O+].[C-]#[O+].[CH2-]c1ccc([N+](=O)[O-])cc1.[Fe].c1cc[cH-]c1. The van der Waals surface area contributed by atoms with Gasteiger partial charge in [0, 0.05) is 17.1 Å². The summed E-state index contributed by atoms with van der Waals surface area (Å²) < 4.78 is 15.0. The van der Waals surface area contributed by atoms with E-state index in [9.17, 15) is 10.1 Å². The molecule has 0 saturated carbocycles. The molecular weight excluding hydrogens is 302 g/mol. The average molecular weight is 313 g/mol. The van der Waals surface area contributed by atoms with Crippen molar-refractivity contribution in [2.45, 2.75) is 0 Å². The Morgan fingerprint density at radius 1 is 1.05 bits per heavy atom. The van der Waals surface area contributed by atoms with Crippen molar-refractivity contribution in [2.24, 2.45) is 0 Å². The van der Waals surface area contributed by atoms with Crippen LogP contribution in [0, 0.1) is 30.3 Å². The first-order valence-electron chi connectivity index (χ1n) is 4.84. The Labute approximate surface area is 128 Å². The maximum atomic E-state index is 10.1. The molecule has 20 heavy (non-hydrogen) atoms. The molecule has 5 nitrogen and oxygen atoms in total. The van der Waals surface area contributed by atoms with Gasteiger partial charge in [0.25, 0.3) is 0 Å². The van der Waals surface area contributed by atoms with Crippen molar-refractivity contribution >= 4 is 5.69 Å². The molecule has 6 heteroatoms. The molecular formula is C14H11FeNO4-2. The van der Waals surface area contributed by atoms with Crippen molar-refractivity contribution in [3.63, 3.8) is 0 Å². The molecule has 0 saturated heterocycles. The zero-order valence-corrected chi connectivity index (χ0v) is 11.4. The van der Waals surface area contributed by atoms with Crippen LogP contribution in [0.2, 0.25) is 0 Å². The van der Waals surface area contributed by atoms with E-state index in [-0.39, 0.29) is 22.8 Å². The van der Waals surface area contributed by atoms with Crippen LogP contribution in [0.3, 0.4) is 0 Å². The van der Waals surface area contributed by atoms with Crippen molar-refractivity contribution in [1.29, 1.82) is 0 Å². The van der Waals surface area contributed by atoms with Gasteiger partial charge >= 0.3 is 22.6 Å². The third-order valence-corrected chi connectivity index (χ3v) is 1.70. The second-order valence-electron chi connectivity index (χ2n) is 2.89. The van der Waals surface area contributed by atoms with E-state index in [1.807, 2.05) is 30.3 Å². The Morgan fingerprint density at radius 2 is 1.45 bits per heavy atom. The molecule has 0 aliphatic rings. The third-order valence-electron chi connectivity index (χ3n) is 1.70. The minimum Gasteiger partial charge on any atom is -0.258 e. The molecule has 2 aromatic rings. The number of rotatable bonds is 1. The van der Waals surface area contributed by atoms with Crippen molar-refractivity contribution in [2.75, 3.05) is 0 Å². The molecule has 0 fully saturated rings. The molecule has 0 aliphatic carbocycles. The van der Waals surface area contributed by atoms with Crippen LogP contribution < -0.4 is 0 Å². The van der Waals surface area contributed by atoms with Crippen LogP contribution in [0.1, 0.15) is 5.56 Å². The van der Waals surface area contributed by atoms with Gasteiger partial charge in [-0.15, -0.1) is 0 Å². The maximum Gasteiger partial charge on any atom is 0.245 e. The Kier molecular flexibility index (Phi) is 19.3. The first-order valence-corrected chi connectivity index (χ1v) is 4.84. The molecule has 0 unspecified atom stereocenters. The van der Waals surface area contributed by atoms with Gasteiger partial charge in [0.1, 0.15) is 0 Å². The van der Waals surface area contributed by atoms with Crippen LogP contribution in [0.25, 0.3) is 0 Å². The summed E-state index contributed by atoms with van der Waals surface area (Å²) >= 11 is 0. The topological polar surface area (TPSA) is 82.9 Å². The first kappa shape index (κ1) is 23.0. The van der Waals surface area contributed by atoms with Gasteiger partial charge in [-0.25, -0.2) is 12.1 Å². The third kappa shape index (κ3) is 12.3. The molecule has 0 amide bonds. The van der Waals surface area contributed by atoms with E-state index < -0.39 is 4.92 Å². The van der Waals surface area contributed by atoms with Crippen molar-refractivity contribution in [1.82, 2.24) is 0 Å². The van der Waals surface area contributed by atoms with E-state index in [2.05, 4.69) is 20.2 Å². The second kappa shape index (κ2) is 16.8. The summed E-state index contributed by atoms with van der Waals surface area (Å²) in [5.74, 6) is 0. The van der Waals surface area contributed by atoms with Gasteiger partial charge in [-0.2, -0.15) is 42.8 Å².